The lowest BCUT2D eigenvalue weighted by Gasteiger charge is -2.28. The molecule has 1 amide bonds. The van der Waals surface area contributed by atoms with Crippen LogP contribution in [-0.4, -0.2) is 11.4 Å². The Morgan fingerprint density at radius 2 is 1.48 bits per heavy atom. The molecule has 0 fully saturated rings. The standard InChI is InChI=1S/C19H20NO2P/c21-18(11-12-19(22)23)20-13-16-7-2-1-5-14(16)9-10-15-6-3-4-8-17(15)20/h1-8H,9-13,23H2. The maximum absolute atomic E-state index is 12.7. The Kier molecular flexibility index (Phi) is 4.88. The minimum atomic E-state index is -0.0286. The van der Waals surface area contributed by atoms with Gasteiger partial charge in [-0.1, -0.05) is 51.7 Å². The minimum Gasteiger partial charge on any atom is -0.308 e. The van der Waals surface area contributed by atoms with Gasteiger partial charge < -0.3 is 4.90 Å². The van der Waals surface area contributed by atoms with Gasteiger partial charge in [-0.25, -0.2) is 0 Å². The molecular weight excluding hydrogens is 305 g/mol. The topological polar surface area (TPSA) is 37.4 Å². The van der Waals surface area contributed by atoms with Crippen molar-refractivity contribution < 1.29 is 9.59 Å². The Labute approximate surface area is 138 Å². The Bertz CT molecular complexity index is 742. The summed E-state index contributed by atoms with van der Waals surface area (Å²) in [6, 6.07) is 16.4. The van der Waals surface area contributed by atoms with Crippen LogP contribution >= 0.6 is 9.24 Å². The highest BCUT2D eigenvalue weighted by molar-refractivity contribution is 7.40. The van der Waals surface area contributed by atoms with Crippen LogP contribution < -0.4 is 4.90 Å². The van der Waals surface area contributed by atoms with E-state index in [1.807, 2.05) is 35.2 Å². The van der Waals surface area contributed by atoms with Gasteiger partial charge in [0.25, 0.3) is 0 Å². The number of nitrogens with zero attached hydrogens (tertiary/aromatic N) is 1. The van der Waals surface area contributed by atoms with E-state index in [9.17, 15) is 9.59 Å². The van der Waals surface area contributed by atoms with E-state index >= 15 is 0 Å². The summed E-state index contributed by atoms with van der Waals surface area (Å²) < 4.78 is 0. The van der Waals surface area contributed by atoms with Gasteiger partial charge in [-0.2, -0.15) is 0 Å². The van der Waals surface area contributed by atoms with Gasteiger partial charge in [-0.05, 0) is 35.6 Å². The average Bonchev–Trinajstić information content (AvgIpc) is 2.55. The molecule has 0 aliphatic carbocycles. The molecule has 4 heteroatoms. The zero-order chi connectivity index (χ0) is 16.2. The predicted molar refractivity (Wildman–Crippen MR) is 95.4 cm³/mol. The zero-order valence-corrected chi connectivity index (χ0v) is 14.2. The van der Waals surface area contributed by atoms with Crippen LogP contribution in [0.5, 0.6) is 0 Å². The molecule has 0 spiro atoms. The van der Waals surface area contributed by atoms with Gasteiger partial charge in [-0.15, -0.1) is 0 Å². The fourth-order valence-electron chi connectivity index (χ4n) is 3.05. The lowest BCUT2D eigenvalue weighted by Crippen LogP contribution is -2.32. The fourth-order valence-corrected chi connectivity index (χ4v) is 3.20. The van der Waals surface area contributed by atoms with E-state index < -0.39 is 0 Å². The molecule has 0 aromatic heterocycles. The van der Waals surface area contributed by atoms with Gasteiger partial charge >= 0.3 is 0 Å². The summed E-state index contributed by atoms with van der Waals surface area (Å²) in [5.41, 5.74) is 4.62. The number of benzene rings is 2. The second-order valence-corrected chi connectivity index (χ2v) is 6.49. The highest BCUT2D eigenvalue weighted by Gasteiger charge is 2.22. The van der Waals surface area contributed by atoms with E-state index in [2.05, 4.69) is 27.4 Å². The first-order valence-electron chi connectivity index (χ1n) is 7.88. The summed E-state index contributed by atoms with van der Waals surface area (Å²) >= 11 is 0. The van der Waals surface area contributed by atoms with E-state index in [0.29, 0.717) is 6.54 Å². The van der Waals surface area contributed by atoms with Crippen LogP contribution in [0.3, 0.4) is 0 Å². The van der Waals surface area contributed by atoms with Crippen LogP contribution in [0.1, 0.15) is 29.5 Å². The maximum Gasteiger partial charge on any atom is 0.227 e. The summed E-state index contributed by atoms with van der Waals surface area (Å²) in [5.74, 6) is 0.00459. The van der Waals surface area contributed by atoms with Gasteiger partial charge in [0.05, 0.1) is 6.54 Å². The number of anilines is 1. The number of para-hydroxylation sites is 1. The van der Waals surface area contributed by atoms with Crippen molar-refractivity contribution in [3.8, 4) is 0 Å². The highest BCUT2D eigenvalue weighted by atomic mass is 31.0. The van der Waals surface area contributed by atoms with Crippen molar-refractivity contribution in [2.45, 2.75) is 32.2 Å². The summed E-state index contributed by atoms with van der Waals surface area (Å²) in [7, 11) is 2.14. The minimum absolute atomic E-state index is 0.00459. The molecule has 1 aliphatic rings. The number of fused-ring (bicyclic) bond motifs is 2. The van der Waals surface area contributed by atoms with Gasteiger partial charge in [0, 0.05) is 18.5 Å². The Morgan fingerprint density at radius 1 is 0.870 bits per heavy atom. The second-order valence-electron chi connectivity index (χ2n) is 5.84. The number of carbonyl (C=O) groups excluding carboxylic acids is 2. The van der Waals surface area contributed by atoms with Crippen molar-refractivity contribution in [2.24, 2.45) is 0 Å². The fraction of sp³-hybridized carbons (Fsp3) is 0.263. The third-order valence-corrected chi connectivity index (χ3v) is 4.57. The van der Waals surface area contributed by atoms with Crippen LogP contribution in [0.2, 0.25) is 0 Å². The molecule has 1 unspecified atom stereocenters. The van der Waals surface area contributed by atoms with Gasteiger partial charge in [0.2, 0.25) is 5.91 Å². The molecule has 0 radical (unpaired) electrons. The van der Waals surface area contributed by atoms with E-state index in [-0.39, 0.29) is 24.3 Å². The molecule has 0 saturated carbocycles. The molecule has 118 valence electrons. The quantitative estimate of drug-likeness (QED) is 0.810. The van der Waals surface area contributed by atoms with Crippen LogP contribution in [-0.2, 0) is 29.0 Å². The molecule has 1 atom stereocenters. The number of rotatable bonds is 3. The van der Waals surface area contributed by atoms with Crippen molar-refractivity contribution in [3.63, 3.8) is 0 Å². The molecular formula is C19H20NO2P. The van der Waals surface area contributed by atoms with Gasteiger partial charge in [0.15, 0.2) is 0 Å². The van der Waals surface area contributed by atoms with Gasteiger partial charge in [0.1, 0.15) is 5.52 Å². The SMILES string of the molecule is O=C(P)CCC(=O)N1Cc2ccccc2CCc2ccccc21. The normalized spacial score (nSPS) is 13.5. The first kappa shape index (κ1) is 15.9. The molecule has 1 aliphatic heterocycles. The molecule has 0 N–H and O–H groups in total. The molecule has 3 nitrogen and oxygen atoms in total. The van der Waals surface area contributed by atoms with Crippen molar-refractivity contribution >= 4 is 26.4 Å². The third-order valence-electron chi connectivity index (χ3n) is 4.28. The molecule has 0 bridgehead atoms. The van der Waals surface area contributed by atoms with Gasteiger partial charge in [-0.3, -0.25) is 9.59 Å². The van der Waals surface area contributed by atoms with Crippen LogP contribution in [0, 0.1) is 0 Å². The monoisotopic (exact) mass is 325 g/mol. The lowest BCUT2D eigenvalue weighted by molar-refractivity contribution is -0.121. The van der Waals surface area contributed by atoms with Crippen molar-refractivity contribution in [3.05, 3.63) is 65.2 Å². The lowest BCUT2D eigenvalue weighted by atomic mass is 9.95. The second kappa shape index (κ2) is 7.06. The molecule has 2 aromatic rings. The van der Waals surface area contributed by atoms with Crippen LogP contribution in [0.25, 0.3) is 0 Å². The molecule has 2 aromatic carbocycles. The molecule has 3 rings (SSSR count). The van der Waals surface area contributed by atoms with Crippen molar-refractivity contribution in [1.29, 1.82) is 0 Å². The first-order chi connectivity index (χ1) is 11.1. The molecule has 1 heterocycles. The highest BCUT2D eigenvalue weighted by Crippen LogP contribution is 2.29. The largest absolute Gasteiger partial charge is 0.308 e. The number of carbonyl (C=O) groups is 2. The van der Waals surface area contributed by atoms with Crippen molar-refractivity contribution in [1.82, 2.24) is 0 Å². The Morgan fingerprint density at radius 3 is 2.22 bits per heavy atom. The Hall–Kier alpha value is -1.99. The van der Waals surface area contributed by atoms with Crippen molar-refractivity contribution in [2.75, 3.05) is 4.90 Å². The van der Waals surface area contributed by atoms with E-state index in [4.69, 9.17) is 0 Å². The molecule has 0 saturated heterocycles. The summed E-state index contributed by atoms with van der Waals surface area (Å²) in [6.45, 7) is 0.567. The number of amides is 1. The summed E-state index contributed by atoms with van der Waals surface area (Å²) in [6.07, 6.45) is 2.42. The van der Waals surface area contributed by atoms with Crippen LogP contribution in [0.4, 0.5) is 5.69 Å². The first-order valence-corrected chi connectivity index (χ1v) is 8.46. The van der Waals surface area contributed by atoms with E-state index in [1.165, 1.54) is 16.7 Å². The smallest absolute Gasteiger partial charge is 0.227 e. The van der Waals surface area contributed by atoms with E-state index in [0.717, 1.165) is 18.5 Å². The maximum atomic E-state index is 12.7. The average molecular weight is 325 g/mol. The predicted octanol–water partition coefficient (Wildman–Crippen LogP) is 3.50. The van der Waals surface area contributed by atoms with Crippen LogP contribution in [0.15, 0.2) is 48.5 Å². The Balaban J connectivity index is 1.96. The summed E-state index contributed by atoms with van der Waals surface area (Å²) in [4.78, 5) is 25.7. The number of aryl methyl sites for hydroxylation is 2. The van der Waals surface area contributed by atoms with E-state index in [1.54, 1.807) is 0 Å². The number of hydrogen-bond donors (Lipinski definition) is 0. The summed E-state index contributed by atoms with van der Waals surface area (Å²) in [5, 5.41) is 0. The number of hydrogen-bond acceptors (Lipinski definition) is 2. The zero-order valence-electron chi connectivity index (χ0n) is 13.0. The third kappa shape index (κ3) is 3.68. The molecule has 23 heavy (non-hydrogen) atoms.